The molecule has 2 saturated carbocycles. The summed E-state index contributed by atoms with van der Waals surface area (Å²) in [7, 11) is 1.76. The molecule has 0 radical (unpaired) electrons. The van der Waals surface area contributed by atoms with Crippen molar-refractivity contribution in [1.29, 1.82) is 0 Å². The third kappa shape index (κ3) is 5.35. The third-order valence-corrected chi connectivity index (χ3v) is 7.12. The molecule has 11 heteroatoms. The van der Waals surface area contributed by atoms with Crippen LogP contribution in [0.2, 0.25) is 0 Å². The summed E-state index contributed by atoms with van der Waals surface area (Å²) in [4.78, 5) is 39.1. The van der Waals surface area contributed by atoms with E-state index in [1.807, 2.05) is 12.1 Å². The molecule has 180 valence electrons. The standard InChI is InChI=1S/C24H24N6O4S/c1-28-14-25-27-24(28)35-21-11-6-17(12-20(21)30(33)34)23(32)29(19-9-10-19)13-15-2-4-16(5-3-15)22(31)26-18-7-8-18/h2-6,11-12,14,18-19H,7-10,13H2,1H3,(H,26,31). The van der Waals surface area contributed by atoms with Crippen LogP contribution in [0.1, 0.15) is 52.0 Å². The van der Waals surface area contributed by atoms with Gasteiger partial charge in [0, 0.05) is 42.9 Å². The van der Waals surface area contributed by atoms with Gasteiger partial charge in [-0.25, -0.2) is 0 Å². The van der Waals surface area contributed by atoms with Gasteiger partial charge in [-0.2, -0.15) is 0 Å². The van der Waals surface area contributed by atoms with Crippen LogP contribution in [0.25, 0.3) is 0 Å². The molecule has 0 spiro atoms. The zero-order chi connectivity index (χ0) is 24.5. The van der Waals surface area contributed by atoms with Gasteiger partial charge >= 0.3 is 0 Å². The van der Waals surface area contributed by atoms with Gasteiger partial charge in [-0.1, -0.05) is 12.1 Å². The molecule has 2 aliphatic rings. The van der Waals surface area contributed by atoms with Crippen LogP contribution < -0.4 is 5.32 Å². The van der Waals surface area contributed by atoms with Crippen molar-refractivity contribution in [2.75, 3.05) is 0 Å². The van der Waals surface area contributed by atoms with Crippen molar-refractivity contribution in [2.45, 2.75) is 54.4 Å². The summed E-state index contributed by atoms with van der Waals surface area (Å²) in [6, 6.07) is 12.2. The van der Waals surface area contributed by atoms with Gasteiger partial charge in [-0.3, -0.25) is 19.7 Å². The molecule has 1 aromatic heterocycles. The number of rotatable bonds is 9. The quantitative estimate of drug-likeness (QED) is 0.358. The Morgan fingerprint density at radius 3 is 2.46 bits per heavy atom. The number of benzene rings is 2. The Morgan fingerprint density at radius 2 is 1.86 bits per heavy atom. The number of nitro benzene ring substituents is 1. The maximum atomic E-state index is 13.4. The zero-order valence-electron chi connectivity index (χ0n) is 19.1. The minimum Gasteiger partial charge on any atom is -0.349 e. The number of aryl methyl sites for hydroxylation is 1. The van der Waals surface area contributed by atoms with Crippen molar-refractivity contribution in [3.8, 4) is 0 Å². The molecule has 0 bridgehead atoms. The number of hydrogen-bond acceptors (Lipinski definition) is 7. The SMILES string of the molecule is Cn1cnnc1Sc1ccc(C(=O)N(Cc2ccc(C(=O)NC3CC3)cc2)C2CC2)cc1[N+](=O)[O-]. The van der Waals surface area contributed by atoms with Crippen molar-refractivity contribution in [3.63, 3.8) is 0 Å². The summed E-state index contributed by atoms with van der Waals surface area (Å²) in [5.74, 6) is -0.331. The van der Waals surface area contributed by atoms with E-state index in [-0.39, 0.29) is 29.1 Å². The Bertz CT molecular complexity index is 1280. The van der Waals surface area contributed by atoms with E-state index in [1.54, 1.807) is 40.8 Å². The molecular weight excluding hydrogens is 468 g/mol. The lowest BCUT2D eigenvalue weighted by atomic mass is 10.1. The van der Waals surface area contributed by atoms with E-state index in [4.69, 9.17) is 0 Å². The first kappa shape index (κ1) is 23.0. The van der Waals surface area contributed by atoms with Gasteiger partial charge in [-0.05, 0) is 67.3 Å². The molecule has 10 nitrogen and oxygen atoms in total. The predicted molar refractivity (Wildman–Crippen MR) is 128 cm³/mol. The maximum absolute atomic E-state index is 13.4. The van der Waals surface area contributed by atoms with Crippen LogP contribution in [0.5, 0.6) is 0 Å². The highest BCUT2D eigenvalue weighted by molar-refractivity contribution is 7.99. The molecule has 2 amide bonds. The average molecular weight is 493 g/mol. The lowest BCUT2D eigenvalue weighted by Crippen LogP contribution is -2.32. The molecular formula is C24H24N6O4S. The summed E-state index contributed by atoms with van der Waals surface area (Å²) in [5.41, 5.74) is 1.62. The highest BCUT2D eigenvalue weighted by atomic mass is 32.2. The minimum atomic E-state index is -0.484. The first-order chi connectivity index (χ1) is 16.9. The average Bonchev–Trinajstić information content (AvgIpc) is 3.78. The minimum absolute atomic E-state index is 0.0826. The monoisotopic (exact) mass is 492 g/mol. The number of nitro groups is 1. The fraction of sp³-hybridized carbons (Fsp3) is 0.333. The second-order valence-corrected chi connectivity index (χ2v) is 9.88. The fourth-order valence-electron chi connectivity index (χ4n) is 3.72. The fourth-order valence-corrected chi connectivity index (χ4v) is 4.57. The van der Waals surface area contributed by atoms with Gasteiger partial charge in [0.05, 0.1) is 9.82 Å². The number of hydrogen-bond donors (Lipinski definition) is 1. The van der Waals surface area contributed by atoms with Gasteiger partial charge in [0.1, 0.15) is 6.33 Å². The first-order valence-corrected chi connectivity index (χ1v) is 12.2. The lowest BCUT2D eigenvalue weighted by Gasteiger charge is -2.23. The van der Waals surface area contributed by atoms with E-state index in [0.29, 0.717) is 28.2 Å². The Morgan fingerprint density at radius 1 is 1.14 bits per heavy atom. The second-order valence-electron chi connectivity index (χ2n) is 8.87. The highest BCUT2D eigenvalue weighted by Crippen LogP contribution is 2.36. The number of nitrogens with one attached hydrogen (secondary N) is 1. The van der Waals surface area contributed by atoms with Crippen LogP contribution in [0.3, 0.4) is 0 Å². The Labute approximate surface area is 205 Å². The Kier molecular flexibility index (Phi) is 6.25. The Balaban J connectivity index is 1.33. The van der Waals surface area contributed by atoms with E-state index in [9.17, 15) is 19.7 Å². The number of amides is 2. The molecule has 1 N–H and O–H groups in total. The van der Waals surface area contributed by atoms with Crippen molar-refractivity contribution in [1.82, 2.24) is 25.0 Å². The van der Waals surface area contributed by atoms with Crippen molar-refractivity contribution in [2.24, 2.45) is 7.05 Å². The lowest BCUT2D eigenvalue weighted by molar-refractivity contribution is -0.387. The van der Waals surface area contributed by atoms with E-state index in [2.05, 4.69) is 15.5 Å². The molecule has 2 fully saturated rings. The molecule has 2 aromatic carbocycles. The second kappa shape index (κ2) is 9.49. The molecule has 0 aliphatic heterocycles. The number of carbonyl (C=O) groups is 2. The van der Waals surface area contributed by atoms with Gasteiger partial charge in [-0.15, -0.1) is 10.2 Å². The summed E-state index contributed by atoms with van der Waals surface area (Å²) < 4.78 is 1.67. The van der Waals surface area contributed by atoms with E-state index < -0.39 is 4.92 Å². The first-order valence-electron chi connectivity index (χ1n) is 11.4. The van der Waals surface area contributed by atoms with Crippen molar-refractivity contribution >= 4 is 29.3 Å². The molecule has 5 rings (SSSR count). The number of aromatic nitrogens is 3. The van der Waals surface area contributed by atoms with Crippen LogP contribution in [0.15, 0.2) is 58.8 Å². The van der Waals surface area contributed by atoms with Crippen LogP contribution in [0.4, 0.5) is 5.69 Å². The smallest absolute Gasteiger partial charge is 0.284 e. The van der Waals surface area contributed by atoms with Crippen LogP contribution in [-0.4, -0.2) is 48.5 Å². The molecule has 0 atom stereocenters. The van der Waals surface area contributed by atoms with Crippen molar-refractivity contribution in [3.05, 3.63) is 75.6 Å². The summed E-state index contributed by atoms with van der Waals surface area (Å²) >= 11 is 1.13. The molecule has 1 heterocycles. The summed E-state index contributed by atoms with van der Waals surface area (Å²) in [6.45, 7) is 0.372. The van der Waals surface area contributed by atoms with E-state index in [1.165, 1.54) is 12.4 Å². The molecule has 2 aliphatic carbocycles. The summed E-state index contributed by atoms with van der Waals surface area (Å²) in [6.07, 6.45) is 5.37. The van der Waals surface area contributed by atoms with Crippen LogP contribution >= 0.6 is 11.8 Å². The molecule has 35 heavy (non-hydrogen) atoms. The summed E-state index contributed by atoms with van der Waals surface area (Å²) in [5, 5.41) is 23.0. The molecule has 0 unspecified atom stereocenters. The van der Waals surface area contributed by atoms with Gasteiger partial charge in [0.15, 0.2) is 5.16 Å². The van der Waals surface area contributed by atoms with E-state index >= 15 is 0 Å². The largest absolute Gasteiger partial charge is 0.349 e. The van der Waals surface area contributed by atoms with E-state index in [0.717, 1.165) is 43.0 Å². The Hall–Kier alpha value is -3.73. The van der Waals surface area contributed by atoms with Gasteiger partial charge < -0.3 is 14.8 Å². The number of nitrogens with zero attached hydrogens (tertiary/aromatic N) is 5. The third-order valence-electron chi connectivity index (χ3n) is 6.00. The number of carbonyl (C=O) groups excluding carboxylic acids is 2. The predicted octanol–water partition coefficient (Wildman–Crippen LogP) is 3.57. The molecule has 3 aromatic rings. The highest BCUT2D eigenvalue weighted by Gasteiger charge is 2.34. The molecule has 0 saturated heterocycles. The normalized spacial score (nSPS) is 15.0. The van der Waals surface area contributed by atoms with Crippen LogP contribution in [0, 0.1) is 10.1 Å². The van der Waals surface area contributed by atoms with Crippen LogP contribution in [-0.2, 0) is 13.6 Å². The zero-order valence-corrected chi connectivity index (χ0v) is 19.9. The van der Waals surface area contributed by atoms with Crippen molar-refractivity contribution < 1.29 is 14.5 Å². The van der Waals surface area contributed by atoms with Gasteiger partial charge in [0.2, 0.25) is 0 Å². The van der Waals surface area contributed by atoms with Gasteiger partial charge in [0.25, 0.3) is 17.5 Å². The maximum Gasteiger partial charge on any atom is 0.284 e. The topological polar surface area (TPSA) is 123 Å².